The van der Waals surface area contributed by atoms with Crippen molar-refractivity contribution in [3.05, 3.63) is 31.9 Å². The number of esters is 1. The lowest BCUT2D eigenvalue weighted by atomic mass is 9.95. The summed E-state index contributed by atoms with van der Waals surface area (Å²) in [6, 6.07) is 0. The number of hydrogen-bond acceptors (Lipinski definition) is 5. The number of halogens is 1. The average Bonchev–Trinajstić information content (AvgIpc) is 3.03. The number of aromatic nitrogens is 2. The van der Waals surface area contributed by atoms with Gasteiger partial charge in [-0.15, -0.1) is 11.3 Å². The van der Waals surface area contributed by atoms with Crippen LogP contribution in [0.15, 0.2) is 4.47 Å². The molecule has 1 aliphatic carbocycles. The molecule has 2 aromatic heterocycles. The van der Waals surface area contributed by atoms with Gasteiger partial charge in [0, 0.05) is 11.9 Å². The lowest BCUT2D eigenvalue weighted by Crippen LogP contribution is -2.19. The van der Waals surface area contributed by atoms with Crippen LogP contribution in [0.5, 0.6) is 0 Å². The largest absolute Gasteiger partial charge is 0.459 e. The average molecular weight is 440 g/mol. The summed E-state index contributed by atoms with van der Waals surface area (Å²) in [6.07, 6.45) is 3.72. The Bertz CT molecular complexity index is 870. The summed E-state index contributed by atoms with van der Waals surface area (Å²) < 4.78 is 7.62. The zero-order chi connectivity index (χ0) is 19.0. The van der Waals surface area contributed by atoms with Crippen LogP contribution in [0.4, 0.5) is 5.00 Å². The first-order valence-electron chi connectivity index (χ1n) is 8.65. The summed E-state index contributed by atoms with van der Waals surface area (Å²) >= 11 is 4.90. The first kappa shape index (κ1) is 19.1. The minimum Gasteiger partial charge on any atom is -0.459 e. The Morgan fingerprint density at radius 2 is 2.00 bits per heavy atom. The molecule has 1 amide bonds. The predicted octanol–water partition coefficient (Wildman–Crippen LogP) is 4.25. The molecule has 0 saturated carbocycles. The number of thiophene rings is 1. The van der Waals surface area contributed by atoms with Crippen molar-refractivity contribution in [2.24, 2.45) is 7.05 Å². The Morgan fingerprint density at radius 3 is 2.62 bits per heavy atom. The predicted molar refractivity (Wildman–Crippen MR) is 105 cm³/mol. The van der Waals surface area contributed by atoms with E-state index in [4.69, 9.17) is 4.74 Å². The van der Waals surface area contributed by atoms with E-state index in [1.165, 1.54) is 20.9 Å². The van der Waals surface area contributed by atoms with Gasteiger partial charge in [-0.05, 0) is 67.9 Å². The third-order valence-corrected chi connectivity index (χ3v) is 6.47. The lowest BCUT2D eigenvalue weighted by Gasteiger charge is -2.14. The third kappa shape index (κ3) is 3.57. The number of hydrogen-bond donors (Lipinski definition) is 1. The second-order valence-electron chi connectivity index (χ2n) is 6.69. The molecule has 8 heteroatoms. The zero-order valence-electron chi connectivity index (χ0n) is 15.3. The molecule has 0 aromatic carbocycles. The number of nitrogens with zero attached hydrogens (tertiary/aromatic N) is 2. The van der Waals surface area contributed by atoms with Gasteiger partial charge in [0.1, 0.15) is 10.7 Å². The topological polar surface area (TPSA) is 73.2 Å². The first-order valence-corrected chi connectivity index (χ1v) is 10.3. The van der Waals surface area contributed by atoms with E-state index < -0.39 is 0 Å². The standard InChI is InChI=1S/C18H22BrN3O3S/c1-9(2)25-18(24)13-11-7-5-6-8-12(11)26-17(13)20-16(23)15-14(19)10(3)21-22(15)4/h9H,5-8H2,1-4H3,(H,20,23). The number of carbonyl (C=O) groups is 2. The molecule has 0 atom stereocenters. The van der Waals surface area contributed by atoms with Crippen LogP contribution in [0.2, 0.25) is 0 Å². The normalized spacial score (nSPS) is 13.6. The molecule has 0 saturated heterocycles. The minimum atomic E-state index is -0.366. The minimum absolute atomic E-state index is 0.209. The highest BCUT2D eigenvalue weighted by molar-refractivity contribution is 9.10. The maximum Gasteiger partial charge on any atom is 0.341 e. The molecule has 140 valence electrons. The Labute approximate surface area is 165 Å². The van der Waals surface area contributed by atoms with Crippen LogP contribution in [0.3, 0.4) is 0 Å². The zero-order valence-corrected chi connectivity index (χ0v) is 17.7. The van der Waals surface area contributed by atoms with Gasteiger partial charge in [-0.2, -0.15) is 5.10 Å². The van der Waals surface area contributed by atoms with Crippen molar-refractivity contribution >= 4 is 44.1 Å². The molecule has 0 unspecified atom stereocenters. The Morgan fingerprint density at radius 1 is 1.31 bits per heavy atom. The molecule has 1 aliphatic rings. The van der Waals surface area contributed by atoms with Gasteiger partial charge >= 0.3 is 5.97 Å². The van der Waals surface area contributed by atoms with Gasteiger partial charge in [-0.1, -0.05) is 0 Å². The number of carbonyl (C=O) groups excluding carboxylic acids is 2. The van der Waals surface area contributed by atoms with Crippen LogP contribution in [0.1, 0.15) is 63.7 Å². The third-order valence-electron chi connectivity index (χ3n) is 4.31. The second kappa shape index (κ2) is 7.52. The molecule has 0 spiro atoms. The molecule has 0 aliphatic heterocycles. The highest BCUT2D eigenvalue weighted by Crippen LogP contribution is 2.39. The summed E-state index contributed by atoms with van der Waals surface area (Å²) in [7, 11) is 1.72. The Kier molecular flexibility index (Phi) is 5.53. The number of aryl methyl sites for hydroxylation is 3. The van der Waals surface area contributed by atoms with E-state index >= 15 is 0 Å². The number of fused-ring (bicyclic) bond motifs is 1. The van der Waals surface area contributed by atoms with E-state index in [9.17, 15) is 9.59 Å². The van der Waals surface area contributed by atoms with E-state index in [0.29, 0.717) is 20.7 Å². The van der Waals surface area contributed by atoms with Gasteiger partial charge in [0.15, 0.2) is 0 Å². The number of rotatable bonds is 4. The van der Waals surface area contributed by atoms with Gasteiger partial charge in [0.05, 0.1) is 21.8 Å². The van der Waals surface area contributed by atoms with Crippen LogP contribution in [-0.4, -0.2) is 27.8 Å². The maximum absolute atomic E-state index is 12.8. The molecule has 0 radical (unpaired) electrons. The van der Waals surface area contributed by atoms with Crippen molar-refractivity contribution in [3.63, 3.8) is 0 Å². The smallest absolute Gasteiger partial charge is 0.341 e. The fraction of sp³-hybridized carbons (Fsp3) is 0.500. The molecule has 2 aromatic rings. The number of anilines is 1. The molecule has 0 bridgehead atoms. The summed E-state index contributed by atoms with van der Waals surface area (Å²) in [5, 5.41) is 7.75. The quantitative estimate of drug-likeness (QED) is 0.722. The van der Waals surface area contributed by atoms with E-state index in [1.54, 1.807) is 7.05 Å². The monoisotopic (exact) mass is 439 g/mol. The van der Waals surface area contributed by atoms with E-state index in [-0.39, 0.29) is 18.0 Å². The SMILES string of the molecule is Cc1nn(C)c(C(=O)Nc2sc3c(c2C(=O)OC(C)C)CCCC3)c1Br. The van der Waals surface area contributed by atoms with Gasteiger partial charge < -0.3 is 10.1 Å². The molecule has 2 heterocycles. The second-order valence-corrected chi connectivity index (χ2v) is 8.59. The van der Waals surface area contributed by atoms with E-state index in [1.807, 2.05) is 20.8 Å². The highest BCUT2D eigenvalue weighted by atomic mass is 79.9. The number of ether oxygens (including phenoxy) is 1. The molecular formula is C18H22BrN3O3S. The Balaban J connectivity index is 1.98. The fourth-order valence-corrected chi connectivity index (χ4v) is 4.97. The van der Waals surface area contributed by atoms with E-state index in [0.717, 1.165) is 36.9 Å². The van der Waals surface area contributed by atoms with E-state index in [2.05, 4.69) is 26.3 Å². The van der Waals surface area contributed by atoms with Crippen molar-refractivity contribution in [2.75, 3.05) is 5.32 Å². The molecule has 6 nitrogen and oxygen atoms in total. The van der Waals surface area contributed by atoms with Crippen molar-refractivity contribution in [1.29, 1.82) is 0 Å². The first-order chi connectivity index (χ1) is 12.3. The molecule has 26 heavy (non-hydrogen) atoms. The summed E-state index contributed by atoms with van der Waals surface area (Å²) in [4.78, 5) is 26.7. The van der Waals surface area contributed by atoms with Crippen LogP contribution in [0, 0.1) is 6.92 Å². The van der Waals surface area contributed by atoms with Crippen LogP contribution in [-0.2, 0) is 24.6 Å². The Hall–Kier alpha value is -1.67. The molecule has 1 N–H and O–H groups in total. The van der Waals surface area contributed by atoms with Crippen LogP contribution in [0.25, 0.3) is 0 Å². The number of nitrogens with one attached hydrogen (secondary N) is 1. The van der Waals surface area contributed by atoms with Crippen molar-refractivity contribution in [3.8, 4) is 0 Å². The molecular weight excluding hydrogens is 418 g/mol. The van der Waals surface area contributed by atoms with Crippen molar-refractivity contribution < 1.29 is 14.3 Å². The lowest BCUT2D eigenvalue weighted by molar-refractivity contribution is 0.0378. The van der Waals surface area contributed by atoms with Crippen molar-refractivity contribution in [2.45, 2.75) is 52.6 Å². The maximum atomic E-state index is 12.8. The van der Waals surface area contributed by atoms with Gasteiger partial charge in [-0.25, -0.2) is 4.79 Å². The van der Waals surface area contributed by atoms with Crippen molar-refractivity contribution in [1.82, 2.24) is 9.78 Å². The summed E-state index contributed by atoms with van der Waals surface area (Å²) in [6.45, 7) is 5.48. The highest BCUT2D eigenvalue weighted by Gasteiger charge is 2.29. The summed E-state index contributed by atoms with van der Waals surface area (Å²) in [5.41, 5.74) is 2.71. The summed E-state index contributed by atoms with van der Waals surface area (Å²) in [5.74, 6) is -0.660. The van der Waals surface area contributed by atoms with Gasteiger partial charge in [0.2, 0.25) is 0 Å². The van der Waals surface area contributed by atoms with Gasteiger partial charge in [-0.3, -0.25) is 9.48 Å². The van der Waals surface area contributed by atoms with Crippen LogP contribution < -0.4 is 5.32 Å². The number of amides is 1. The molecule has 3 rings (SSSR count). The fourth-order valence-electron chi connectivity index (χ4n) is 3.18. The van der Waals surface area contributed by atoms with Crippen LogP contribution >= 0.6 is 27.3 Å². The molecule has 0 fully saturated rings. The van der Waals surface area contributed by atoms with Gasteiger partial charge in [0.25, 0.3) is 5.91 Å².